The molecule has 3 heterocycles. The molecule has 2 aromatic rings. The standard InChI is InChI=1S/C20H22N8O6S2/c21-12(30)5-6-27-20(24-25-26-27)36-8-10-7-35-18-14(17(32)28(18)15(10)19(33)34)23-16(31)13(22)9-1-3-11(29)4-2-9/h1-4,13-14,18,29H,5-8,22H2,(H2,21,30)(H,23,31)(H,33,34)/t13-,14?,18-/m1/s1. The molecule has 1 fully saturated rings. The first kappa shape index (κ1) is 25.5. The zero-order chi connectivity index (χ0) is 26.0. The second-order valence-electron chi connectivity index (χ2n) is 7.91. The number of aliphatic carboxylic acids is 1. The van der Waals surface area contributed by atoms with E-state index in [1.165, 1.54) is 57.4 Å². The van der Waals surface area contributed by atoms with Crippen molar-refractivity contribution in [3.8, 4) is 5.75 Å². The van der Waals surface area contributed by atoms with Crippen molar-refractivity contribution < 1.29 is 29.4 Å². The van der Waals surface area contributed by atoms with Crippen molar-refractivity contribution in [1.82, 2.24) is 30.4 Å². The molecule has 190 valence electrons. The second kappa shape index (κ2) is 10.5. The third kappa shape index (κ3) is 5.14. The molecule has 1 saturated heterocycles. The fourth-order valence-electron chi connectivity index (χ4n) is 3.68. The minimum absolute atomic E-state index is 0.0268. The Morgan fingerprint density at radius 3 is 2.67 bits per heavy atom. The Morgan fingerprint density at radius 2 is 2.00 bits per heavy atom. The van der Waals surface area contributed by atoms with E-state index in [1.54, 1.807) is 0 Å². The molecule has 0 saturated carbocycles. The van der Waals surface area contributed by atoms with Crippen molar-refractivity contribution in [2.75, 3.05) is 11.5 Å². The number of nitrogens with one attached hydrogen (secondary N) is 1. The minimum Gasteiger partial charge on any atom is -0.508 e. The van der Waals surface area contributed by atoms with Gasteiger partial charge in [0.05, 0.1) is 6.54 Å². The van der Waals surface area contributed by atoms with Gasteiger partial charge in [0, 0.05) is 17.9 Å². The Hall–Kier alpha value is -3.63. The second-order valence-corrected chi connectivity index (χ2v) is 9.96. The molecule has 36 heavy (non-hydrogen) atoms. The van der Waals surface area contributed by atoms with Crippen LogP contribution < -0.4 is 16.8 Å². The number of phenols is 1. The van der Waals surface area contributed by atoms with Crippen molar-refractivity contribution in [2.24, 2.45) is 11.5 Å². The highest BCUT2D eigenvalue weighted by atomic mass is 32.2. The van der Waals surface area contributed by atoms with Crippen LogP contribution in [0, 0.1) is 0 Å². The third-order valence-electron chi connectivity index (χ3n) is 5.53. The van der Waals surface area contributed by atoms with Gasteiger partial charge in [0.1, 0.15) is 28.9 Å². The molecule has 1 unspecified atom stereocenters. The van der Waals surface area contributed by atoms with Gasteiger partial charge in [0.2, 0.25) is 17.0 Å². The quantitative estimate of drug-likeness (QED) is 0.179. The van der Waals surface area contributed by atoms with Gasteiger partial charge in [-0.1, -0.05) is 23.9 Å². The van der Waals surface area contributed by atoms with Crippen LogP contribution in [-0.4, -0.2) is 81.9 Å². The highest BCUT2D eigenvalue weighted by Crippen LogP contribution is 2.41. The summed E-state index contributed by atoms with van der Waals surface area (Å²) in [6.07, 6.45) is 0.0466. The normalized spacial score (nSPS) is 19.9. The summed E-state index contributed by atoms with van der Waals surface area (Å²) in [5, 5.41) is 32.9. The third-order valence-corrected chi connectivity index (χ3v) is 7.91. The number of tetrazole rings is 1. The summed E-state index contributed by atoms with van der Waals surface area (Å²) in [6, 6.07) is 3.82. The molecule has 3 amide bonds. The van der Waals surface area contributed by atoms with E-state index >= 15 is 0 Å². The number of benzene rings is 1. The monoisotopic (exact) mass is 534 g/mol. The summed E-state index contributed by atoms with van der Waals surface area (Å²) >= 11 is 2.50. The summed E-state index contributed by atoms with van der Waals surface area (Å²) in [6.45, 7) is 0.185. The highest BCUT2D eigenvalue weighted by molar-refractivity contribution is 8.01. The number of amides is 3. The van der Waals surface area contributed by atoms with Gasteiger partial charge >= 0.3 is 5.97 Å². The maximum atomic E-state index is 12.9. The predicted octanol–water partition coefficient (Wildman–Crippen LogP) is -1.22. The van der Waals surface area contributed by atoms with E-state index in [-0.39, 0.29) is 30.2 Å². The molecule has 0 bridgehead atoms. The van der Waals surface area contributed by atoms with Gasteiger partial charge < -0.3 is 27.0 Å². The first-order chi connectivity index (χ1) is 17.2. The summed E-state index contributed by atoms with van der Waals surface area (Å²) in [4.78, 5) is 49.8. The van der Waals surface area contributed by atoms with E-state index in [9.17, 15) is 29.4 Å². The Bertz CT molecular complexity index is 1230. The zero-order valence-corrected chi connectivity index (χ0v) is 20.2. The van der Waals surface area contributed by atoms with Crippen molar-refractivity contribution in [2.45, 2.75) is 35.6 Å². The van der Waals surface area contributed by atoms with Crippen LogP contribution in [-0.2, 0) is 25.7 Å². The number of β-lactam (4-membered cyclic amide) rings is 1. The lowest BCUT2D eigenvalue weighted by Gasteiger charge is -2.49. The van der Waals surface area contributed by atoms with Crippen LogP contribution in [0.4, 0.5) is 0 Å². The first-order valence-electron chi connectivity index (χ1n) is 10.6. The maximum absolute atomic E-state index is 12.9. The lowest BCUT2D eigenvalue weighted by atomic mass is 10.0. The number of aromatic hydroxyl groups is 1. The Morgan fingerprint density at radius 1 is 1.28 bits per heavy atom. The van der Waals surface area contributed by atoms with Crippen molar-refractivity contribution >= 4 is 47.2 Å². The Labute approximate surface area is 212 Å². The average Bonchev–Trinajstić information content (AvgIpc) is 3.31. The van der Waals surface area contributed by atoms with Crippen LogP contribution in [0.1, 0.15) is 18.0 Å². The lowest BCUT2D eigenvalue weighted by molar-refractivity contribution is -0.150. The number of nitrogens with zero attached hydrogens (tertiary/aromatic N) is 5. The molecule has 0 aliphatic carbocycles. The number of hydrogen-bond acceptors (Lipinski definition) is 11. The van der Waals surface area contributed by atoms with E-state index in [0.29, 0.717) is 22.0 Å². The molecule has 0 radical (unpaired) electrons. The number of primary amides is 1. The fourth-order valence-corrected chi connectivity index (χ4v) is 6.07. The van der Waals surface area contributed by atoms with Gasteiger partial charge in [-0.2, -0.15) is 0 Å². The van der Waals surface area contributed by atoms with Crippen LogP contribution in [0.3, 0.4) is 0 Å². The van der Waals surface area contributed by atoms with Crippen molar-refractivity contribution in [3.63, 3.8) is 0 Å². The number of phenolic OH excluding ortho intramolecular Hbond substituents is 1. The van der Waals surface area contributed by atoms with Gasteiger partial charge in [-0.15, -0.1) is 16.9 Å². The summed E-state index contributed by atoms with van der Waals surface area (Å²) in [5.41, 5.74) is 12.0. The average molecular weight is 535 g/mol. The van der Waals surface area contributed by atoms with Crippen molar-refractivity contribution in [1.29, 1.82) is 0 Å². The van der Waals surface area contributed by atoms with Crippen molar-refractivity contribution in [3.05, 3.63) is 41.1 Å². The minimum atomic E-state index is -1.26. The first-order valence-corrected chi connectivity index (χ1v) is 12.6. The predicted molar refractivity (Wildman–Crippen MR) is 127 cm³/mol. The largest absolute Gasteiger partial charge is 0.508 e. The van der Waals surface area contributed by atoms with Gasteiger partial charge in [-0.25, -0.2) is 9.48 Å². The molecular formula is C20H22N8O6S2. The number of carbonyl (C=O) groups is 4. The molecule has 1 aromatic heterocycles. The highest BCUT2D eigenvalue weighted by Gasteiger charge is 2.54. The van der Waals surface area contributed by atoms with Gasteiger partial charge in [-0.05, 0) is 33.7 Å². The molecule has 3 atom stereocenters. The number of carbonyl (C=O) groups excluding carboxylic acids is 3. The van der Waals surface area contributed by atoms with E-state index < -0.39 is 41.1 Å². The molecule has 0 spiro atoms. The number of thioether (sulfide) groups is 2. The molecule has 4 rings (SSSR count). The van der Waals surface area contributed by atoms with Crippen LogP contribution in [0.15, 0.2) is 40.7 Å². The molecule has 2 aliphatic rings. The van der Waals surface area contributed by atoms with Crippen LogP contribution >= 0.6 is 23.5 Å². The summed E-state index contributed by atoms with van der Waals surface area (Å²) in [5.74, 6) is -2.38. The number of carboxylic acids is 1. The number of aryl methyl sites for hydroxylation is 1. The number of aromatic nitrogens is 4. The number of fused-ring (bicyclic) bond motifs is 1. The zero-order valence-electron chi connectivity index (χ0n) is 18.6. The van der Waals surface area contributed by atoms with E-state index in [2.05, 4.69) is 20.8 Å². The molecular weight excluding hydrogens is 512 g/mol. The topological polar surface area (TPSA) is 220 Å². The SMILES string of the molecule is NC(=O)CCn1nnnc1SCC1=C(C(=O)O)N2C(=O)C(NC(=O)[C@H](N)c3ccc(O)cc3)[C@H]2SC1. The number of rotatable bonds is 10. The van der Waals surface area contributed by atoms with Crippen LogP contribution in [0.25, 0.3) is 0 Å². The molecule has 14 nitrogen and oxygen atoms in total. The maximum Gasteiger partial charge on any atom is 0.352 e. The van der Waals surface area contributed by atoms with E-state index in [1.807, 2.05) is 0 Å². The van der Waals surface area contributed by atoms with Gasteiger partial charge in [0.15, 0.2) is 0 Å². The van der Waals surface area contributed by atoms with Crippen LogP contribution in [0.2, 0.25) is 0 Å². The number of carboxylic acid groups (broad SMARTS) is 1. The molecule has 2 aliphatic heterocycles. The smallest absolute Gasteiger partial charge is 0.352 e. The van der Waals surface area contributed by atoms with E-state index in [0.717, 1.165) is 0 Å². The Kier molecular flexibility index (Phi) is 7.46. The number of hydrogen-bond donors (Lipinski definition) is 5. The summed E-state index contributed by atoms with van der Waals surface area (Å²) in [7, 11) is 0. The lowest BCUT2D eigenvalue weighted by Crippen LogP contribution is -2.71. The van der Waals surface area contributed by atoms with Gasteiger partial charge in [-0.3, -0.25) is 19.3 Å². The fraction of sp³-hybridized carbons (Fsp3) is 0.350. The van der Waals surface area contributed by atoms with Gasteiger partial charge in [0.25, 0.3) is 5.91 Å². The molecule has 16 heteroatoms. The van der Waals surface area contributed by atoms with Crippen LogP contribution in [0.5, 0.6) is 5.75 Å². The number of nitrogens with two attached hydrogens (primary N) is 2. The summed E-state index contributed by atoms with van der Waals surface area (Å²) < 4.78 is 1.40. The molecule has 1 aromatic carbocycles. The molecule has 7 N–H and O–H groups in total. The van der Waals surface area contributed by atoms with E-state index in [4.69, 9.17) is 11.5 Å². The Balaban J connectivity index is 1.43.